The molecule has 0 unspecified atom stereocenters. The van der Waals surface area contributed by atoms with Crippen LogP contribution in [0.2, 0.25) is 0 Å². The summed E-state index contributed by atoms with van der Waals surface area (Å²) < 4.78 is 36.4. The van der Waals surface area contributed by atoms with E-state index in [4.69, 9.17) is 4.74 Å². The lowest BCUT2D eigenvalue weighted by Gasteiger charge is -2.12. The van der Waals surface area contributed by atoms with Crippen molar-refractivity contribution in [2.75, 3.05) is 12.4 Å². The Kier molecular flexibility index (Phi) is 6.13. The second kappa shape index (κ2) is 8.09. The Morgan fingerprint density at radius 3 is 2.75 bits per heavy atom. The van der Waals surface area contributed by atoms with E-state index in [-0.39, 0.29) is 23.8 Å². The standard InChI is InChI=1S/C15H16BrF2N3O3/c1-9-11(16)8-21(20-9)6-5-14(22)19-10-3-4-12(24-15(17)18)13(7-10)23-2/h3-4,7-8,15H,5-6H2,1-2H3,(H,19,22). The van der Waals surface area contributed by atoms with Gasteiger partial charge in [0.25, 0.3) is 0 Å². The molecule has 0 radical (unpaired) electrons. The summed E-state index contributed by atoms with van der Waals surface area (Å²) >= 11 is 3.35. The molecular weight excluding hydrogens is 388 g/mol. The molecule has 0 bridgehead atoms. The van der Waals surface area contributed by atoms with E-state index < -0.39 is 6.61 Å². The zero-order valence-electron chi connectivity index (χ0n) is 13.1. The van der Waals surface area contributed by atoms with E-state index in [1.54, 1.807) is 10.9 Å². The number of carbonyl (C=O) groups excluding carboxylic acids is 1. The Labute approximate surface area is 145 Å². The van der Waals surface area contributed by atoms with Crippen LogP contribution in [0, 0.1) is 6.92 Å². The zero-order valence-corrected chi connectivity index (χ0v) is 14.6. The van der Waals surface area contributed by atoms with Crippen LogP contribution < -0.4 is 14.8 Å². The Hall–Kier alpha value is -2.16. The third-order valence-electron chi connectivity index (χ3n) is 3.12. The smallest absolute Gasteiger partial charge is 0.387 e. The van der Waals surface area contributed by atoms with Crippen molar-refractivity contribution in [2.45, 2.75) is 26.5 Å². The molecule has 0 saturated carbocycles. The molecule has 9 heteroatoms. The minimum absolute atomic E-state index is 0.0950. The first-order valence-electron chi connectivity index (χ1n) is 7.01. The summed E-state index contributed by atoms with van der Waals surface area (Å²) in [4.78, 5) is 12.0. The van der Waals surface area contributed by atoms with E-state index in [0.29, 0.717) is 12.2 Å². The van der Waals surface area contributed by atoms with Gasteiger partial charge in [0.15, 0.2) is 11.5 Å². The molecule has 24 heavy (non-hydrogen) atoms. The van der Waals surface area contributed by atoms with E-state index in [9.17, 15) is 13.6 Å². The van der Waals surface area contributed by atoms with Gasteiger partial charge in [-0.3, -0.25) is 9.48 Å². The molecule has 0 saturated heterocycles. The van der Waals surface area contributed by atoms with Crippen LogP contribution >= 0.6 is 15.9 Å². The van der Waals surface area contributed by atoms with Gasteiger partial charge < -0.3 is 14.8 Å². The predicted molar refractivity (Wildman–Crippen MR) is 87.5 cm³/mol. The Bertz CT molecular complexity index is 702. The van der Waals surface area contributed by atoms with Crippen LogP contribution in [-0.2, 0) is 11.3 Å². The average Bonchev–Trinajstić information content (AvgIpc) is 2.85. The van der Waals surface area contributed by atoms with Crippen molar-refractivity contribution in [1.29, 1.82) is 0 Å². The highest BCUT2D eigenvalue weighted by atomic mass is 79.9. The molecule has 0 aliphatic carbocycles. The molecule has 0 aliphatic heterocycles. The van der Waals surface area contributed by atoms with Crippen molar-refractivity contribution in [3.8, 4) is 11.5 Å². The minimum Gasteiger partial charge on any atom is -0.493 e. The number of nitrogens with zero attached hydrogens (tertiary/aromatic N) is 2. The Morgan fingerprint density at radius 1 is 1.42 bits per heavy atom. The van der Waals surface area contributed by atoms with Crippen molar-refractivity contribution in [3.05, 3.63) is 34.6 Å². The number of ether oxygens (including phenoxy) is 2. The fraction of sp³-hybridized carbons (Fsp3) is 0.333. The van der Waals surface area contributed by atoms with Crippen molar-refractivity contribution < 1.29 is 23.0 Å². The second-order valence-electron chi connectivity index (χ2n) is 4.87. The van der Waals surface area contributed by atoms with Gasteiger partial charge in [0, 0.05) is 30.9 Å². The number of aromatic nitrogens is 2. The van der Waals surface area contributed by atoms with Crippen LogP contribution in [0.4, 0.5) is 14.5 Å². The van der Waals surface area contributed by atoms with Crippen molar-refractivity contribution in [1.82, 2.24) is 9.78 Å². The molecule has 6 nitrogen and oxygen atoms in total. The van der Waals surface area contributed by atoms with Gasteiger partial charge in [-0.2, -0.15) is 13.9 Å². The van der Waals surface area contributed by atoms with Crippen LogP contribution in [0.15, 0.2) is 28.9 Å². The summed E-state index contributed by atoms with van der Waals surface area (Å²) in [5, 5.41) is 6.91. The summed E-state index contributed by atoms with van der Waals surface area (Å²) in [7, 11) is 1.33. The molecule has 0 aliphatic rings. The first kappa shape index (κ1) is 18.2. The fourth-order valence-corrected chi connectivity index (χ4v) is 2.30. The molecule has 0 atom stereocenters. The number of benzene rings is 1. The van der Waals surface area contributed by atoms with Gasteiger partial charge in [-0.15, -0.1) is 0 Å². The molecule has 0 spiro atoms. The fourth-order valence-electron chi connectivity index (χ4n) is 1.99. The van der Waals surface area contributed by atoms with Gasteiger partial charge in [0.2, 0.25) is 5.91 Å². The maximum Gasteiger partial charge on any atom is 0.387 e. The summed E-state index contributed by atoms with van der Waals surface area (Å²) in [5.41, 5.74) is 1.27. The largest absolute Gasteiger partial charge is 0.493 e. The Balaban J connectivity index is 1.95. The second-order valence-corrected chi connectivity index (χ2v) is 5.72. The van der Waals surface area contributed by atoms with E-state index in [1.807, 2.05) is 6.92 Å². The van der Waals surface area contributed by atoms with E-state index >= 15 is 0 Å². The lowest BCUT2D eigenvalue weighted by Crippen LogP contribution is -2.15. The van der Waals surface area contributed by atoms with E-state index in [0.717, 1.165) is 10.2 Å². The number of methoxy groups -OCH3 is 1. The molecule has 2 rings (SSSR count). The normalized spacial score (nSPS) is 10.8. The van der Waals surface area contributed by atoms with Gasteiger partial charge in [0.05, 0.1) is 17.3 Å². The lowest BCUT2D eigenvalue weighted by molar-refractivity contribution is -0.116. The molecular formula is C15H16BrF2N3O3. The number of hydrogen-bond acceptors (Lipinski definition) is 4. The highest BCUT2D eigenvalue weighted by Gasteiger charge is 2.12. The van der Waals surface area contributed by atoms with Gasteiger partial charge in [-0.25, -0.2) is 0 Å². The number of carbonyl (C=O) groups is 1. The predicted octanol–water partition coefficient (Wildman–Crippen LogP) is 3.59. The molecule has 1 aromatic carbocycles. The number of nitrogens with one attached hydrogen (secondary N) is 1. The van der Waals surface area contributed by atoms with E-state index in [1.165, 1.54) is 25.3 Å². The molecule has 2 aromatic rings. The maximum absolute atomic E-state index is 12.3. The highest BCUT2D eigenvalue weighted by molar-refractivity contribution is 9.10. The van der Waals surface area contributed by atoms with Gasteiger partial charge in [-0.05, 0) is 35.0 Å². The third kappa shape index (κ3) is 4.92. The molecule has 1 amide bonds. The number of alkyl halides is 2. The van der Waals surface area contributed by atoms with Crippen LogP contribution in [0.5, 0.6) is 11.5 Å². The topological polar surface area (TPSA) is 65.4 Å². The number of anilines is 1. The average molecular weight is 404 g/mol. The summed E-state index contributed by atoms with van der Waals surface area (Å²) in [5.74, 6) is -0.217. The minimum atomic E-state index is -2.95. The van der Waals surface area contributed by atoms with E-state index in [2.05, 4.69) is 31.1 Å². The number of amides is 1. The third-order valence-corrected chi connectivity index (χ3v) is 3.90. The van der Waals surface area contributed by atoms with Crippen LogP contribution in [0.25, 0.3) is 0 Å². The quantitative estimate of drug-likeness (QED) is 0.766. The Morgan fingerprint density at radius 2 is 2.17 bits per heavy atom. The van der Waals surface area contributed by atoms with Crippen molar-refractivity contribution in [3.63, 3.8) is 0 Å². The lowest BCUT2D eigenvalue weighted by atomic mass is 10.2. The highest BCUT2D eigenvalue weighted by Crippen LogP contribution is 2.31. The van der Waals surface area contributed by atoms with Crippen molar-refractivity contribution >= 4 is 27.5 Å². The molecule has 1 heterocycles. The molecule has 1 N–H and O–H groups in total. The van der Waals surface area contributed by atoms with Gasteiger partial charge >= 0.3 is 6.61 Å². The zero-order chi connectivity index (χ0) is 17.7. The molecule has 0 fully saturated rings. The molecule has 130 valence electrons. The molecule has 1 aromatic heterocycles. The first-order valence-corrected chi connectivity index (χ1v) is 7.80. The first-order chi connectivity index (χ1) is 11.4. The van der Waals surface area contributed by atoms with Crippen LogP contribution in [0.1, 0.15) is 12.1 Å². The van der Waals surface area contributed by atoms with Crippen LogP contribution in [0.3, 0.4) is 0 Å². The van der Waals surface area contributed by atoms with Crippen LogP contribution in [-0.4, -0.2) is 29.4 Å². The van der Waals surface area contributed by atoms with Crippen molar-refractivity contribution in [2.24, 2.45) is 0 Å². The number of rotatable bonds is 7. The summed E-state index contributed by atoms with van der Waals surface area (Å²) in [6, 6.07) is 4.20. The van der Waals surface area contributed by atoms with Gasteiger partial charge in [0.1, 0.15) is 0 Å². The number of aryl methyl sites for hydroxylation is 2. The monoisotopic (exact) mass is 403 g/mol. The summed E-state index contributed by atoms with van der Waals surface area (Å²) in [6.07, 6.45) is 2.01. The SMILES string of the molecule is COc1cc(NC(=O)CCn2cc(Br)c(C)n2)ccc1OC(F)F. The summed E-state index contributed by atoms with van der Waals surface area (Å²) in [6.45, 7) is -0.672. The van der Waals surface area contributed by atoms with Gasteiger partial charge in [-0.1, -0.05) is 0 Å². The maximum atomic E-state index is 12.3. The number of halogens is 3. The number of hydrogen-bond donors (Lipinski definition) is 1.